The van der Waals surface area contributed by atoms with E-state index in [0.29, 0.717) is 0 Å². The largest absolute Gasteiger partial charge is 0.309 e. The van der Waals surface area contributed by atoms with Crippen LogP contribution in [0.3, 0.4) is 0 Å². The predicted octanol–water partition coefficient (Wildman–Crippen LogP) is 13.8. The highest BCUT2D eigenvalue weighted by atomic mass is 15.0. The zero-order valence-corrected chi connectivity index (χ0v) is 30.8. The third kappa shape index (κ3) is 4.30. The van der Waals surface area contributed by atoms with E-state index in [4.69, 9.17) is 4.98 Å². The van der Waals surface area contributed by atoms with Crippen molar-refractivity contribution in [2.75, 3.05) is 0 Å². The summed E-state index contributed by atoms with van der Waals surface area (Å²) in [7, 11) is 0. The number of hydrogen-bond acceptors (Lipinski definition) is 1. The summed E-state index contributed by atoms with van der Waals surface area (Å²) in [4.78, 5) is 5.09. The van der Waals surface area contributed by atoms with Crippen LogP contribution in [0.1, 0.15) is 0 Å². The predicted molar refractivity (Wildman–Crippen MR) is 239 cm³/mol. The van der Waals surface area contributed by atoms with Gasteiger partial charge in [-0.05, 0) is 110 Å². The average molecular weight is 725 g/mol. The highest BCUT2D eigenvalue weighted by Crippen LogP contribution is 2.41. The zero-order chi connectivity index (χ0) is 37.2. The van der Waals surface area contributed by atoms with Crippen molar-refractivity contribution in [1.82, 2.24) is 18.5 Å². The molecule has 4 aromatic heterocycles. The fraction of sp³-hybridized carbons (Fsp3) is 0. The summed E-state index contributed by atoms with van der Waals surface area (Å²) < 4.78 is 7.06. The van der Waals surface area contributed by atoms with Gasteiger partial charge in [0.1, 0.15) is 5.65 Å². The van der Waals surface area contributed by atoms with Gasteiger partial charge in [0.2, 0.25) is 0 Å². The van der Waals surface area contributed by atoms with E-state index in [9.17, 15) is 0 Å². The SMILES string of the molecule is c1ccc(-n2c3ccccc3c3cc(-c4ccc5c(c4)c4cn6c(cc4n5-c4ccc5c7ccccc7c7ccccc7c5c4)nc4ccccc46)ccc32)cc1. The molecule has 0 aliphatic heterocycles. The molecule has 0 N–H and O–H groups in total. The van der Waals surface area contributed by atoms with E-state index in [-0.39, 0.29) is 0 Å². The Labute approximate surface area is 326 Å². The Morgan fingerprint density at radius 1 is 0.298 bits per heavy atom. The van der Waals surface area contributed by atoms with Gasteiger partial charge < -0.3 is 9.13 Å². The number of benzene rings is 9. The number of nitrogens with zero attached hydrogens (tertiary/aromatic N) is 4. The van der Waals surface area contributed by atoms with E-state index in [0.717, 1.165) is 33.4 Å². The number of hydrogen-bond donors (Lipinski definition) is 0. The Balaban J connectivity index is 1.08. The van der Waals surface area contributed by atoms with E-state index in [2.05, 4.69) is 208 Å². The van der Waals surface area contributed by atoms with E-state index in [1.165, 1.54) is 81.7 Å². The maximum atomic E-state index is 5.09. The first-order valence-electron chi connectivity index (χ1n) is 19.5. The van der Waals surface area contributed by atoms with Gasteiger partial charge in [-0.3, -0.25) is 4.40 Å². The van der Waals surface area contributed by atoms with Crippen LogP contribution < -0.4 is 0 Å². The van der Waals surface area contributed by atoms with Gasteiger partial charge in [-0.2, -0.15) is 0 Å². The molecule has 4 nitrogen and oxygen atoms in total. The van der Waals surface area contributed by atoms with Crippen LogP contribution in [0.4, 0.5) is 0 Å². The molecule has 4 heteroatoms. The van der Waals surface area contributed by atoms with Crippen molar-refractivity contribution in [3.05, 3.63) is 194 Å². The monoisotopic (exact) mass is 724 g/mol. The average Bonchev–Trinajstić information content (AvgIpc) is 3.92. The van der Waals surface area contributed by atoms with Gasteiger partial charge in [0.05, 0.1) is 33.1 Å². The van der Waals surface area contributed by atoms with Crippen molar-refractivity contribution >= 4 is 92.6 Å². The van der Waals surface area contributed by atoms with Gasteiger partial charge in [-0.25, -0.2) is 4.98 Å². The van der Waals surface area contributed by atoms with Crippen LogP contribution in [0.2, 0.25) is 0 Å². The third-order valence-electron chi connectivity index (χ3n) is 12.2. The maximum absolute atomic E-state index is 5.09. The van der Waals surface area contributed by atoms with Gasteiger partial charge >= 0.3 is 0 Å². The second kappa shape index (κ2) is 11.4. The lowest BCUT2D eigenvalue weighted by molar-refractivity contribution is 1.17. The molecule has 4 heterocycles. The minimum absolute atomic E-state index is 0.936. The van der Waals surface area contributed by atoms with Crippen molar-refractivity contribution in [3.8, 4) is 22.5 Å². The summed E-state index contributed by atoms with van der Waals surface area (Å²) in [6.07, 6.45) is 2.29. The Bertz CT molecular complexity index is 3770. The molecule has 9 aromatic carbocycles. The molecule has 0 aliphatic rings. The highest BCUT2D eigenvalue weighted by Gasteiger charge is 2.19. The van der Waals surface area contributed by atoms with Crippen LogP contribution in [0.15, 0.2) is 194 Å². The fourth-order valence-electron chi connectivity index (χ4n) is 9.67. The first kappa shape index (κ1) is 30.6. The van der Waals surface area contributed by atoms with Crippen LogP contribution in [0, 0.1) is 0 Å². The lowest BCUT2D eigenvalue weighted by atomic mass is 9.94. The van der Waals surface area contributed by atoms with E-state index in [1.54, 1.807) is 0 Å². The fourth-order valence-corrected chi connectivity index (χ4v) is 9.67. The molecule has 0 atom stereocenters. The van der Waals surface area contributed by atoms with E-state index in [1.807, 2.05) is 0 Å². The van der Waals surface area contributed by atoms with Gasteiger partial charge in [0.15, 0.2) is 0 Å². The van der Waals surface area contributed by atoms with Crippen molar-refractivity contribution in [1.29, 1.82) is 0 Å². The second-order valence-corrected chi connectivity index (χ2v) is 15.2. The Hall–Kier alpha value is -7.69. The molecular weight excluding hydrogens is 693 g/mol. The number of fused-ring (bicyclic) bond motifs is 15. The number of aromatic nitrogens is 4. The quantitative estimate of drug-likeness (QED) is 0.167. The second-order valence-electron chi connectivity index (χ2n) is 15.2. The molecule has 0 bridgehead atoms. The molecule has 0 spiro atoms. The molecule has 0 aliphatic carbocycles. The molecule has 0 saturated heterocycles. The molecule has 0 unspecified atom stereocenters. The van der Waals surface area contributed by atoms with Crippen molar-refractivity contribution < 1.29 is 0 Å². The molecule has 0 fully saturated rings. The number of rotatable bonds is 3. The molecule has 13 aromatic rings. The normalized spacial score (nSPS) is 12.2. The smallest absolute Gasteiger partial charge is 0.140 e. The topological polar surface area (TPSA) is 27.2 Å². The van der Waals surface area contributed by atoms with Gasteiger partial charge in [-0.15, -0.1) is 0 Å². The third-order valence-corrected chi connectivity index (χ3v) is 12.2. The lowest BCUT2D eigenvalue weighted by Crippen LogP contribution is -1.95. The minimum Gasteiger partial charge on any atom is -0.309 e. The van der Waals surface area contributed by atoms with Crippen LogP contribution in [0.25, 0.3) is 115 Å². The van der Waals surface area contributed by atoms with Gasteiger partial charge in [0, 0.05) is 45.2 Å². The first-order valence-corrected chi connectivity index (χ1v) is 19.5. The summed E-state index contributed by atoms with van der Waals surface area (Å²) in [5.74, 6) is 0. The summed E-state index contributed by atoms with van der Waals surface area (Å²) in [6, 6.07) is 68.6. The molecule has 0 radical (unpaired) electrons. The standard InChI is InChI=1S/C53H32N4/c1-2-12-35(13-3-1)56-48-20-10-8-18-42(48)44-28-33(22-26-49(44)56)34-23-27-50-45(29-34)46-32-55-51-21-11-9-19-47(51)54-53(55)31-52(46)57(50)36-24-25-41-39-16-5-4-14-37(39)38-15-6-7-17-40(38)43(41)30-36/h1-32H. The van der Waals surface area contributed by atoms with Crippen LogP contribution in [0.5, 0.6) is 0 Å². The molecular formula is C53H32N4. The maximum Gasteiger partial charge on any atom is 0.140 e. The van der Waals surface area contributed by atoms with E-state index >= 15 is 0 Å². The van der Waals surface area contributed by atoms with Gasteiger partial charge in [0.25, 0.3) is 0 Å². The summed E-state index contributed by atoms with van der Waals surface area (Å²) >= 11 is 0. The molecule has 57 heavy (non-hydrogen) atoms. The van der Waals surface area contributed by atoms with Crippen molar-refractivity contribution in [3.63, 3.8) is 0 Å². The first-order chi connectivity index (χ1) is 28.3. The van der Waals surface area contributed by atoms with E-state index < -0.39 is 0 Å². The molecule has 264 valence electrons. The summed E-state index contributed by atoms with van der Waals surface area (Å²) in [5, 5.41) is 12.5. The van der Waals surface area contributed by atoms with Gasteiger partial charge in [-0.1, -0.05) is 115 Å². The molecule has 13 rings (SSSR count). The summed E-state index contributed by atoms with van der Waals surface area (Å²) in [5.41, 5.74) is 12.4. The zero-order valence-electron chi connectivity index (χ0n) is 30.8. The molecule has 0 amide bonds. The number of pyridine rings is 1. The van der Waals surface area contributed by atoms with Crippen molar-refractivity contribution in [2.45, 2.75) is 0 Å². The van der Waals surface area contributed by atoms with Crippen LogP contribution in [-0.2, 0) is 0 Å². The summed E-state index contributed by atoms with van der Waals surface area (Å²) in [6.45, 7) is 0. The van der Waals surface area contributed by atoms with Crippen LogP contribution in [-0.4, -0.2) is 18.5 Å². The number of para-hydroxylation sites is 4. The lowest BCUT2D eigenvalue weighted by Gasteiger charge is -2.14. The minimum atomic E-state index is 0.936. The molecule has 0 saturated carbocycles. The van der Waals surface area contributed by atoms with Crippen LogP contribution >= 0.6 is 0 Å². The van der Waals surface area contributed by atoms with Crippen molar-refractivity contribution in [2.24, 2.45) is 0 Å². The Morgan fingerprint density at radius 2 is 0.825 bits per heavy atom. The number of imidazole rings is 1. The Morgan fingerprint density at radius 3 is 1.53 bits per heavy atom. The Kier molecular flexibility index (Phi) is 6.13. The highest BCUT2D eigenvalue weighted by molar-refractivity contribution is 6.25.